The summed E-state index contributed by atoms with van der Waals surface area (Å²) in [5.41, 5.74) is 5.34. The van der Waals surface area contributed by atoms with E-state index in [4.69, 9.17) is 18.7 Å². The Labute approximate surface area is 192 Å². The Kier molecular flexibility index (Phi) is 5.32. The summed E-state index contributed by atoms with van der Waals surface area (Å²) in [5, 5.41) is 7.56. The van der Waals surface area contributed by atoms with Crippen molar-refractivity contribution in [2.75, 3.05) is 26.6 Å². The highest BCUT2D eigenvalue weighted by Gasteiger charge is 2.41. The zero-order chi connectivity index (χ0) is 23.1. The van der Waals surface area contributed by atoms with Crippen molar-refractivity contribution in [3.63, 3.8) is 0 Å². The average Bonchev–Trinajstić information content (AvgIpc) is 3.22. The lowest BCUT2D eigenvalue weighted by atomic mass is 9.72. The van der Waals surface area contributed by atoms with E-state index in [0.717, 1.165) is 39.4 Å². The molecule has 0 saturated heterocycles. The van der Waals surface area contributed by atoms with E-state index >= 15 is 0 Å². The molecular weight excluding hydrogens is 420 g/mol. The van der Waals surface area contributed by atoms with E-state index in [1.807, 2.05) is 49.4 Å². The number of hydrogen-bond donors (Lipinski definition) is 1. The molecule has 1 N–H and O–H groups in total. The standard InChI is InChI=1S/C26H26N2O5/c1-14-23-24(16-7-10-21(31-3)22(13-16)32-4)25-19(27-26(23)33-28-14)11-17(12-20(25)29)15-5-8-18(30-2)9-6-15/h5-10,13,17,24,27H,11-12H2,1-4H3/t17-,24+/m1/s1. The fourth-order valence-corrected chi connectivity index (χ4v) is 4.95. The fourth-order valence-electron chi connectivity index (χ4n) is 4.95. The average molecular weight is 447 g/mol. The second kappa shape index (κ2) is 8.31. The van der Waals surface area contributed by atoms with Gasteiger partial charge in [-0.15, -0.1) is 0 Å². The number of hydrogen-bond acceptors (Lipinski definition) is 7. The van der Waals surface area contributed by atoms with Gasteiger partial charge in [0.1, 0.15) is 5.75 Å². The number of Topliss-reactive ketones (excluding diaryl/α,β-unsaturated/α-hetero) is 1. The van der Waals surface area contributed by atoms with E-state index in [-0.39, 0.29) is 17.6 Å². The van der Waals surface area contributed by atoms with Crippen LogP contribution in [0.1, 0.15) is 47.1 Å². The van der Waals surface area contributed by atoms with Crippen molar-refractivity contribution in [2.24, 2.45) is 0 Å². The molecule has 0 amide bonds. The van der Waals surface area contributed by atoms with Crippen molar-refractivity contribution in [2.45, 2.75) is 31.6 Å². The molecule has 0 unspecified atom stereocenters. The summed E-state index contributed by atoms with van der Waals surface area (Å²) >= 11 is 0. The molecule has 3 aromatic rings. The van der Waals surface area contributed by atoms with Crippen LogP contribution in [0, 0.1) is 6.92 Å². The van der Waals surface area contributed by atoms with Gasteiger partial charge in [0.2, 0.25) is 5.88 Å². The molecule has 5 rings (SSSR count). The Bertz CT molecular complexity index is 1240. The van der Waals surface area contributed by atoms with Gasteiger partial charge in [0.05, 0.1) is 32.6 Å². The second-order valence-electron chi connectivity index (χ2n) is 8.38. The van der Waals surface area contributed by atoms with Crippen molar-refractivity contribution in [3.05, 3.63) is 76.1 Å². The van der Waals surface area contributed by atoms with Crippen LogP contribution in [0.15, 0.2) is 58.3 Å². The number of ketones is 1. The number of carbonyl (C=O) groups excluding carboxylic acids is 1. The van der Waals surface area contributed by atoms with Gasteiger partial charge in [-0.2, -0.15) is 0 Å². The number of ether oxygens (including phenoxy) is 3. The molecule has 7 heteroatoms. The van der Waals surface area contributed by atoms with E-state index in [1.165, 1.54) is 0 Å². The number of allylic oxidation sites excluding steroid dienone is 2. The third-order valence-corrected chi connectivity index (χ3v) is 6.59. The van der Waals surface area contributed by atoms with Crippen LogP contribution in [0.3, 0.4) is 0 Å². The van der Waals surface area contributed by atoms with Crippen LogP contribution >= 0.6 is 0 Å². The van der Waals surface area contributed by atoms with Crippen LogP contribution in [0.5, 0.6) is 17.2 Å². The molecule has 1 aromatic heterocycles. The predicted molar refractivity (Wildman–Crippen MR) is 123 cm³/mol. The van der Waals surface area contributed by atoms with Crippen LogP contribution < -0.4 is 19.5 Å². The summed E-state index contributed by atoms with van der Waals surface area (Å²) in [6.45, 7) is 1.90. The Morgan fingerprint density at radius 2 is 1.67 bits per heavy atom. The smallest absolute Gasteiger partial charge is 0.233 e. The molecule has 1 aliphatic carbocycles. The molecule has 0 saturated carbocycles. The molecule has 0 fully saturated rings. The fraction of sp³-hybridized carbons (Fsp3) is 0.308. The first-order valence-electron chi connectivity index (χ1n) is 10.9. The van der Waals surface area contributed by atoms with E-state index in [0.29, 0.717) is 30.2 Å². The summed E-state index contributed by atoms with van der Waals surface area (Å²) in [7, 11) is 4.86. The first kappa shape index (κ1) is 21.1. The predicted octanol–water partition coefficient (Wildman–Crippen LogP) is 4.97. The van der Waals surface area contributed by atoms with Gasteiger partial charge in [-0.05, 0) is 54.7 Å². The van der Waals surface area contributed by atoms with E-state index in [9.17, 15) is 4.79 Å². The third-order valence-electron chi connectivity index (χ3n) is 6.59. The molecule has 7 nitrogen and oxygen atoms in total. The number of rotatable bonds is 5. The number of nitrogens with one attached hydrogen (secondary N) is 1. The van der Waals surface area contributed by atoms with Gasteiger partial charge < -0.3 is 24.1 Å². The second-order valence-corrected chi connectivity index (χ2v) is 8.38. The maximum atomic E-state index is 13.6. The molecule has 2 atom stereocenters. The Morgan fingerprint density at radius 3 is 2.36 bits per heavy atom. The molecular formula is C26H26N2O5. The number of aromatic nitrogens is 1. The van der Waals surface area contributed by atoms with Gasteiger partial charge in [-0.1, -0.05) is 23.4 Å². The minimum absolute atomic E-state index is 0.0753. The minimum atomic E-state index is -0.286. The molecule has 1 aliphatic heterocycles. The van der Waals surface area contributed by atoms with Gasteiger partial charge in [0.25, 0.3) is 0 Å². The number of carbonyl (C=O) groups is 1. The zero-order valence-electron chi connectivity index (χ0n) is 19.1. The first-order chi connectivity index (χ1) is 16.0. The number of benzene rings is 2. The number of methoxy groups -OCH3 is 3. The van der Waals surface area contributed by atoms with Crippen molar-refractivity contribution in [1.29, 1.82) is 0 Å². The Morgan fingerprint density at radius 1 is 0.939 bits per heavy atom. The number of nitrogens with zero attached hydrogens (tertiary/aromatic N) is 1. The SMILES string of the molecule is COc1ccc([C@H]2CC(=O)C3=C(C2)Nc2onc(C)c2[C@@H]3c2ccc(OC)c(OC)c2)cc1. The van der Waals surface area contributed by atoms with Gasteiger partial charge in [0.15, 0.2) is 17.3 Å². The molecule has 0 spiro atoms. The molecule has 2 aliphatic rings. The van der Waals surface area contributed by atoms with Gasteiger partial charge in [-0.25, -0.2) is 0 Å². The maximum Gasteiger partial charge on any atom is 0.233 e. The lowest BCUT2D eigenvalue weighted by Gasteiger charge is -2.34. The number of aryl methyl sites for hydroxylation is 1. The van der Waals surface area contributed by atoms with Crippen molar-refractivity contribution >= 4 is 11.7 Å². The zero-order valence-corrected chi connectivity index (χ0v) is 19.1. The van der Waals surface area contributed by atoms with Gasteiger partial charge in [-0.3, -0.25) is 4.79 Å². The largest absolute Gasteiger partial charge is 0.497 e. The molecule has 0 radical (unpaired) electrons. The van der Waals surface area contributed by atoms with Crippen molar-refractivity contribution in [1.82, 2.24) is 5.16 Å². The van der Waals surface area contributed by atoms with Crippen LogP contribution in [-0.4, -0.2) is 32.3 Å². The van der Waals surface area contributed by atoms with Crippen molar-refractivity contribution in [3.8, 4) is 17.2 Å². The minimum Gasteiger partial charge on any atom is -0.497 e. The van der Waals surface area contributed by atoms with E-state index in [1.54, 1.807) is 21.3 Å². The molecule has 2 aromatic carbocycles. The van der Waals surface area contributed by atoms with Crippen LogP contribution in [0.25, 0.3) is 0 Å². The highest BCUT2D eigenvalue weighted by Crippen LogP contribution is 2.50. The first-order valence-corrected chi connectivity index (χ1v) is 10.9. The third kappa shape index (κ3) is 3.53. The van der Waals surface area contributed by atoms with Crippen molar-refractivity contribution < 1.29 is 23.5 Å². The lowest BCUT2D eigenvalue weighted by Crippen LogP contribution is -2.29. The van der Waals surface area contributed by atoms with Crippen LogP contribution in [0.4, 0.5) is 5.88 Å². The Hall–Kier alpha value is -3.74. The summed E-state index contributed by atoms with van der Waals surface area (Å²) < 4.78 is 21.8. The monoisotopic (exact) mass is 446 g/mol. The summed E-state index contributed by atoms with van der Waals surface area (Å²) in [4.78, 5) is 13.6. The van der Waals surface area contributed by atoms with Gasteiger partial charge in [0, 0.05) is 23.6 Å². The maximum absolute atomic E-state index is 13.6. The quantitative estimate of drug-likeness (QED) is 0.593. The van der Waals surface area contributed by atoms with Crippen LogP contribution in [0.2, 0.25) is 0 Å². The molecule has 2 heterocycles. The normalized spacial score (nSPS) is 19.5. The molecule has 33 heavy (non-hydrogen) atoms. The topological polar surface area (TPSA) is 82.8 Å². The van der Waals surface area contributed by atoms with Crippen LogP contribution in [-0.2, 0) is 4.79 Å². The lowest BCUT2D eigenvalue weighted by molar-refractivity contribution is -0.116. The highest BCUT2D eigenvalue weighted by atomic mass is 16.5. The van der Waals surface area contributed by atoms with E-state index < -0.39 is 0 Å². The number of anilines is 1. The van der Waals surface area contributed by atoms with Gasteiger partial charge >= 0.3 is 0 Å². The summed E-state index contributed by atoms with van der Waals surface area (Å²) in [6.07, 6.45) is 1.15. The summed E-state index contributed by atoms with van der Waals surface area (Å²) in [5.74, 6) is 2.56. The van der Waals surface area contributed by atoms with E-state index in [2.05, 4.69) is 10.5 Å². The molecule has 170 valence electrons. The number of fused-ring (bicyclic) bond motifs is 1. The molecule has 0 bridgehead atoms. The highest BCUT2D eigenvalue weighted by molar-refractivity contribution is 6.01. The Balaban J connectivity index is 1.59. The summed E-state index contributed by atoms with van der Waals surface area (Å²) in [6, 6.07) is 13.7.